The minimum absolute atomic E-state index is 0.798. The van der Waals surface area contributed by atoms with E-state index in [9.17, 15) is 0 Å². The van der Waals surface area contributed by atoms with Gasteiger partial charge in [0.25, 0.3) is 0 Å². The Hall–Kier alpha value is -1.75. The van der Waals surface area contributed by atoms with Crippen LogP contribution in [0.5, 0.6) is 0 Å². The highest BCUT2D eigenvalue weighted by Crippen LogP contribution is 2.30. The maximum Gasteiger partial charge on any atom is 0.212 e. The van der Waals surface area contributed by atoms with Gasteiger partial charge in [0.1, 0.15) is 0 Å². The molecule has 3 rings (SSSR count). The van der Waals surface area contributed by atoms with Gasteiger partial charge >= 0.3 is 0 Å². The third-order valence-electron chi connectivity index (χ3n) is 2.14. The van der Waals surface area contributed by atoms with Crippen molar-refractivity contribution in [1.29, 1.82) is 0 Å². The van der Waals surface area contributed by atoms with Crippen molar-refractivity contribution in [2.24, 2.45) is 5.10 Å². The Labute approximate surface area is 90.9 Å². The molecule has 1 aromatic heterocycles. The summed E-state index contributed by atoms with van der Waals surface area (Å²) in [6, 6.07) is 10.0. The molecule has 1 aliphatic rings. The summed E-state index contributed by atoms with van der Waals surface area (Å²) in [6.07, 6.45) is 3.17. The lowest BCUT2D eigenvalue weighted by atomic mass is 10.2. The van der Waals surface area contributed by atoms with Gasteiger partial charge in [-0.3, -0.25) is 0 Å². The van der Waals surface area contributed by atoms with Crippen LogP contribution in [0.4, 0.5) is 5.82 Å². The summed E-state index contributed by atoms with van der Waals surface area (Å²) < 4.78 is 6.63. The van der Waals surface area contributed by atoms with Gasteiger partial charge in [0.05, 0.1) is 0 Å². The van der Waals surface area contributed by atoms with Crippen LogP contribution in [-0.4, -0.2) is 11.4 Å². The highest BCUT2D eigenvalue weighted by atomic mass is 32.2. The minimum Gasteiger partial charge on any atom is -0.390 e. The molecular formula is C10H7N3OS. The van der Waals surface area contributed by atoms with Crippen molar-refractivity contribution in [2.45, 2.75) is 0 Å². The van der Waals surface area contributed by atoms with Crippen LogP contribution >= 0.6 is 12.2 Å². The third-order valence-corrected chi connectivity index (χ3v) is 2.72. The first-order valence-electron chi connectivity index (χ1n) is 4.45. The lowest BCUT2D eigenvalue weighted by Crippen LogP contribution is -2.03. The maximum absolute atomic E-state index is 4.97. The molecule has 74 valence electrons. The quantitative estimate of drug-likeness (QED) is 0.543. The molecule has 0 amide bonds. The molecule has 0 unspecified atom stereocenters. The topological polar surface area (TPSA) is 37.7 Å². The summed E-state index contributed by atoms with van der Waals surface area (Å²) in [4.78, 5) is 4.30. The molecule has 0 radical (unpaired) electrons. The number of anilines is 1. The summed E-state index contributed by atoms with van der Waals surface area (Å²) in [5.74, 6) is 0.798. The average molecular weight is 217 g/mol. The van der Waals surface area contributed by atoms with Crippen LogP contribution < -0.4 is 4.41 Å². The van der Waals surface area contributed by atoms with Gasteiger partial charge in [-0.15, -0.1) is 9.52 Å². The normalized spacial score (nSPS) is 14.5. The Morgan fingerprint density at radius 2 is 2.13 bits per heavy atom. The first-order chi connectivity index (χ1) is 7.45. The Morgan fingerprint density at radius 3 is 3.00 bits per heavy atom. The smallest absolute Gasteiger partial charge is 0.212 e. The Bertz CT molecular complexity index is 524. The number of rotatable bonds is 1. The van der Waals surface area contributed by atoms with E-state index in [4.69, 9.17) is 4.18 Å². The largest absolute Gasteiger partial charge is 0.390 e. The minimum atomic E-state index is 0.798. The van der Waals surface area contributed by atoms with Crippen molar-refractivity contribution < 1.29 is 4.18 Å². The summed E-state index contributed by atoms with van der Waals surface area (Å²) in [5, 5.41) is 6.25. The van der Waals surface area contributed by atoms with Gasteiger partial charge in [0.2, 0.25) is 18.6 Å². The molecule has 0 spiro atoms. The molecule has 0 saturated carbocycles. The number of hydrogen-bond donors (Lipinski definition) is 0. The van der Waals surface area contributed by atoms with Gasteiger partial charge in [-0.25, -0.2) is 4.98 Å². The van der Waals surface area contributed by atoms with Gasteiger partial charge < -0.3 is 4.18 Å². The molecule has 15 heavy (non-hydrogen) atoms. The maximum atomic E-state index is 4.97. The molecule has 0 N–H and O–H groups in total. The summed E-state index contributed by atoms with van der Waals surface area (Å²) in [7, 11) is 0. The van der Waals surface area contributed by atoms with E-state index >= 15 is 0 Å². The van der Waals surface area contributed by atoms with Crippen molar-refractivity contribution in [1.82, 2.24) is 4.98 Å². The fraction of sp³-hybridized carbons (Fsp3) is 0. The molecule has 1 aliphatic heterocycles. The summed E-state index contributed by atoms with van der Waals surface area (Å²) >= 11 is 1.16. The standard InChI is InChI=1S/C10H7N3OS/c1-2-4-9-8(3-1)5-6-11-10(9)13-12-7-14-15-13/h1-7H. The van der Waals surface area contributed by atoms with E-state index in [2.05, 4.69) is 10.1 Å². The highest BCUT2D eigenvalue weighted by Gasteiger charge is 2.15. The Balaban J connectivity index is 2.21. The Morgan fingerprint density at radius 1 is 1.20 bits per heavy atom. The van der Waals surface area contributed by atoms with Gasteiger partial charge in [0.15, 0.2) is 5.82 Å². The second-order valence-corrected chi connectivity index (χ2v) is 3.71. The molecular weight excluding hydrogens is 210 g/mol. The van der Waals surface area contributed by atoms with Gasteiger partial charge in [-0.05, 0) is 11.5 Å². The fourth-order valence-electron chi connectivity index (χ4n) is 1.49. The first kappa shape index (κ1) is 8.55. The molecule has 5 heteroatoms. The van der Waals surface area contributed by atoms with Crippen molar-refractivity contribution in [3.05, 3.63) is 36.5 Å². The number of hydrazone groups is 1. The molecule has 4 nitrogen and oxygen atoms in total. The van der Waals surface area contributed by atoms with E-state index in [0.29, 0.717) is 0 Å². The summed E-state index contributed by atoms with van der Waals surface area (Å²) in [5.41, 5.74) is 0. The molecule has 0 bridgehead atoms. The zero-order valence-electron chi connectivity index (χ0n) is 7.70. The SMILES string of the molecule is C1=NN(c2nccc3ccccc23)SO1. The number of nitrogens with zero attached hydrogens (tertiary/aromatic N) is 3. The molecule has 1 aromatic carbocycles. The van der Waals surface area contributed by atoms with E-state index < -0.39 is 0 Å². The van der Waals surface area contributed by atoms with Crippen LogP contribution in [0, 0.1) is 0 Å². The number of aromatic nitrogens is 1. The average Bonchev–Trinajstić information content (AvgIpc) is 2.82. The van der Waals surface area contributed by atoms with Crippen LogP contribution in [-0.2, 0) is 4.18 Å². The Kier molecular flexibility index (Phi) is 1.96. The van der Waals surface area contributed by atoms with Crippen LogP contribution in [0.1, 0.15) is 0 Å². The van der Waals surface area contributed by atoms with Crippen molar-refractivity contribution in [3.8, 4) is 0 Å². The van der Waals surface area contributed by atoms with E-state index in [-0.39, 0.29) is 0 Å². The molecule has 0 fully saturated rings. The van der Waals surface area contributed by atoms with E-state index in [1.807, 2.05) is 30.3 Å². The van der Waals surface area contributed by atoms with E-state index in [1.165, 1.54) is 6.40 Å². The summed E-state index contributed by atoms with van der Waals surface area (Å²) in [6.45, 7) is 0. The predicted octanol–water partition coefficient (Wildman–Crippen LogP) is 2.58. The second kappa shape index (κ2) is 3.43. The number of benzene rings is 1. The second-order valence-electron chi connectivity index (χ2n) is 3.02. The van der Waals surface area contributed by atoms with Crippen LogP contribution in [0.25, 0.3) is 10.8 Å². The third kappa shape index (κ3) is 1.41. The predicted molar refractivity (Wildman–Crippen MR) is 61.4 cm³/mol. The number of pyridine rings is 1. The number of fused-ring (bicyclic) bond motifs is 1. The fourth-order valence-corrected chi connectivity index (χ4v) is 1.94. The highest BCUT2D eigenvalue weighted by molar-refractivity contribution is 7.96. The van der Waals surface area contributed by atoms with Crippen LogP contribution in [0.15, 0.2) is 41.6 Å². The zero-order valence-corrected chi connectivity index (χ0v) is 8.52. The van der Waals surface area contributed by atoms with Crippen LogP contribution in [0.3, 0.4) is 0 Å². The first-order valence-corrected chi connectivity index (χ1v) is 5.15. The molecule has 2 heterocycles. The van der Waals surface area contributed by atoms with E-state index in [1.54, 1.807) is 10.6 Å². The van der Waals surface area contributed by atoms with Gasteiger partial charge in [0, 0.05) is 11.6 Å². The zero-order chi connectivity index (χ0) is 10.1. The van der Waals surface area contributed by atoms with Crippen LogP contribution in [0.2, 0.25) is 0 Å². The lowest BCUT2D eigenvalue weighted by Gasteiger charge is -2.10. The molecule has 2 aromatic rings. The van der Waals surface area contributed by atoms with E-state index in [0.717, 1.165) is 28.8 Å². The van der Waals surface area contributed by atoms with Gasteiger partial charge in [-0.1, -0.05) is 24.3 Å². The lowest BCUT2D eigenvalue weighted by molar-refractivity contribution is 0.690. The molecule has 0 aliphatic carbocycles. The van der Waals surface area contributed by atoms with Crippen molar-refractivity contribution in [3.63, 3.8) is 0 Å². The number of hydrogen-bond acceptors (Lipinski definition) is 5. The molecule has 0 saturated heterocycles. The molecule has 0 atom stereocenters. The van der Waals surface area contributed by atoms with Crippen molar-refractivity contribution >= 4 is 35.2 Å². The van der Waals surface area contributed by atoms with Gasteiger partial charge in [-0.2, -0.15) is 0 Å². The monoisotopic (exact) mass is 217 g/mol. The van der Waals surface area contributed by atoms with Crippen molar-refractivity contribution in [2.75, 3.05) is 4.41 Å².